The van der Waals surface area contributed by atoms with Crippen LogP contribution in [-0.2, 0) is 6.42 Å². The summed E-state index contributed by atoms with van der Waals surface area (Å²) in [6, 6.07) is 1.99. The van der Waals surface area contributed by atoms with Crippen LogP contribution >= 0.6 is 0 Å². The van der Waals surface area contributed by atoms with Gasteiger partial charge in [0.05, 0.1) is 5.56 Å². The molecule has 1 N–H and O–H groups in total. The van der Waals surface area contributed by atoms with Crippen molar-refractivity contribution in [3.63, 3.8) is 0 Å². The molecule has 1 heterocycles. The fraction of sp³-hybridized carbons (Fsp3) is 0.333. The molecule has 7 heteroatoms. The van der Waals surface area contributed by atoms with E-state index in [9.17, 15) is 13.2 Å². The number of hydrogen-bond donors (Lipinski definition) is 1. The van der Waals surface area contributed by atoms with Gasteiger partial charge >= 0.3 is 0 Å². The zero-order valence-electron chi connectivity index (χ0n) is 10.4. The van der Waals surface area contributed by atoms with Crippen LogP contribution in [0.25, 0.3) is 11.5 Å². The van der Waals surface area contributed by atoms with Gasteiger partial charge in [-0.2, -0.15) is 4.98 Å². The molecular formula is C12H12F3N3O. The molecule has 1 unspecified atom stereocenters. The molecule has 19 heavy (non-hydrogen) atoms. The Hall–Kier alpha value is -1.89. The van der Waals surface area contributed by atoms with E-state index in [1.165, 1.54) is 0 Å². The Bertz CT molecular complexity index is 586. The van der Waals surface area contributed by atoms with E-state index in [0.29, 0.717) is 12.2 Å². The van der Waals surface area contributed by atoms with E-state index in [1.54, 1.807) is 7.05 Å². The number of halogens is 3. The maximum Gasteiger partial charge on any atom is 0.261 e. The molecule has 0 saturated heterocycles. The second-order valence-electron chi connectivity index (χ2n) is 4.13. The highest BCUT2D eigenvalue weighted by Crippen LogP contribution is 2.24. The zero-order valence-corrected chi connectivity index (χ0v) is 10.4. The van der Waals surface area contributed by atoms with Crippen molar-refractivity contribution in [2.45, 2.75) is 19.4 Å². The van der Waals surface area contributed by atoms with Gasteiger partial charge < -0.3 is 9.84 Å². The monoisotopic (exact) mass is 271 g/mol. The van der Waals surface area contributed by atoms with Gasteiger partial charge in [-0.15, -0.1) is 0 Å². The molecule has 2 aromatic rings. The highest BCUT2D eigenvalue weighted by molar-refractivity contribution is 5.53. The molecule has 102 valence electrons. The van der Waals surface area contributed by atoms with Gasteiger partial charge in [-0.3, -0.25) is 0 Å². The van der Waals surface area contributed by atoms with Crippen molar-refractivity contribution in [2.75, 3.05) is 7.05 Å². The Kier molecular flexibility index (Phi) is 3.84. The Morgan fingerprint density at radius 1 is 1.26 bits per heavy atom. The molecule has 1 atom stereocenters. The number of likely N-dealkylation sites (N-methyl/N-ethyl adjacent to an activating group) is 1. The van der Waals surface area contributed by atoms with E-state index in [-0.39, 0.29) is 17.5 Å². The van der Waals surface area contributed by atoms with Crippen LogP contribution in [0.5, 0.6) is 0 Å². The number of benzene rings is 1. The summed E-state index contributed by atoms with van der Waals surface area (Å²) in [6.45, 7) is 1.91. The highest BCUT2D eigenvalue weighted by atomic mass is 19.2. The summed E-state index contributed by atoms with van der Waals surface area (Å²) in [7, 11) is 1.78. The average molecular weight is 271 g/mol. The molecular weight excluding hydrogens is 259 g/mol. The summed E-state index contributed by atoms with van der Waals surface area (Å²) in [6.07, 6.45) is 0.477. The summed E-state index contributed by atoms with van der Waals surface area (Å²) in [5.74, 6) is -3.96. The van der Waals surface area contributed by atoms with Gasteiger partial charge in [-0.25, -0.2) is 13.2 Å². The molecule has 0 aliphatic heterocycles. The van der Waals surface area contributed by atoms with Crippen LogP contribution < -0.4 is 5.32 Å². The third-order valence-corrected chi connectivity index (χ3v) is 2.72. The van der Waals surface area contributed by atoms with Crippen molar-refractivity contribution in [1.29, 1.82) is 0 Å². The minimum absolute atomic E-state index is 0.111. The maximum atomic E-state index is 13.5. The van der Waals surface area contributed by atoms with Crippen LogP contribution in [0, 0.1) is 17.5 Å². The highest BCUT2D eigenvalue weighted by Gasteiger charge is 2.19. The van der Waals surface area contributed by atoms with Gasteiger partial charge in [0.15, 0.2) is 23.3 Å². The fourth-order valence-corrected chi connectivity index (χ4v) is 1.51. The molecule has 4 nitrogen and oxygen atoms in total. The van der Waals surface area contributed by atoms with Gasteiger partial charge in [0.2, 0.25) is 0 Å². The normalized spacial score (nSPS) is 12.7. The van der Waals surface area contributed by atoms with Gasteiger partial charge in [0.25, 0.3) is 5.89 Å². The summed E-state index contributed by atoms with van der Waals surface area (Å²) in [4.78, 5) is 3.95. The molecule has 1 aromatic heterocycles. The SMILES string of the molecule is CNC(C)Cc1noc(-c2ccc(F)c(F)c2F)n1. The molecule has 0 spiro atoms. The molecule has 0 amide bonds. The zero-order chi connectivity index (χ0) is 14.0. The van der Waals surface area contributed by atoms with Crippen LogP contribution in [0.15, 0.2) is 16.7 Å². The minimum Gasteiger partial charge on any atom is -0.334 e. The molecule has 0 bridgehead atoms. The average Bonchev–Trinajstić information content (AvgIpc) is 2.84. The van der Waals surface area contributed by atoms with Gasteiger partial charge in [0, 0.05) is 12.5 Å². The Morgan fingerprint density at radius 3 is 2.68 bits per heavy atom. The third-order valence-electron chi connectivity index (χ3n) is 2.72. The van der Waals surface area contributed by atoms with Gasteiger partial charge in [-0.1, -0.05) is 5.16 Å². The molecule has 0 aliphatic rings. The van der Waals surface area contributed by atoms with Crippen LogP contribution in [0.4, 0.5) is 13.2 Å². The summed E-state index contributed by atoms with van der Waals surface area (Å²) in [5.41, 5.74) is -0.255. The standard InChI is InChI=1S/C12H12F3N3O/c1-6(16-2)5-9-17-12(19-18-9)7-3-4-8(13)11(15)10(7)14/h3-4,6,16H,5H2,1-2H3. The number of aromatic nitrogens is 2. The summed E-state index contributed by atoms with van der Waals surface area (Å²) < 4.78 is 44.3. The third kappa shape index (κ3) is 2.76. The lowest BCUT2D eigenvalue weighted by Crippen LogP contribution is -2.24. The van der Waals surface area contributed by atoms with Crippen LogP contribution in [0.3, 0.4) is 0 Å². The van der Waals surface area contributed by atoms with Crippen LogP contribution in [-0.4, -0.2) is 23.2 Å². The quantitative estimate of drug-likeness (QED) is 0.867. The van der Waals surface area contributed by atoms with Crippen molar-refractivity contribution in [1.82, 2.24) is 15.5 Å². The Labute approximate surface area is 107 Å². The summed E-state index contributed by atoms with van der Waals surface area (Å²) in [5, 5.41) is 6.65. The number of rotatable bonds is 4. The predicted octanol–water partition coefficient (Wildman–Crippen LogP) is 2.30. The molecule has 0 fully saturated rings. The Balaban J connectivity index is 2.31. The molecule has 2 rings (SSSR count). The topological polar surface area (TPSA) is 51.0 Å². The van der Waals surface area contributed by atoms with E-state index in [4.69, 9.17) is 4.52 Å². The molecule has 0 aliphatic carbocycles. The van der Waals surface area contributed by atoms with E-state index in [1.807, 2.05) is 6.92 Å². The largest absolute Gasteiger partial charge is 0.334 e. The lowest BCUT2D eigenvalue weighted by Gasteiger charge is -2.04. The van der Waals surface area contributed by atoms with E-state index in [2.05, 4.69) is 15.5 Å². The second-order valence-corrected chi connectivity index (χ2v) is 4.13. The lowest BCUT2D eigenvalue weighted by molar-refractivity contribution is 0.410. The molecule has 0 saturated carbocycles. The molecule has 1 aromatic carbocycles. The van der Waals surface area contributed by atoms with Crippen molar-refractivity contribution in [3.05, 3.63) is 35.4 Å². The first kappa shape index (κ1) is 13.5. The molecule has 0 radical (unpaired) electrons. The fourth-order valence-electron chi connectivity index (χ4n) is 1.51. The first-order chi connectivity index (χ1) is 9.02. The maximum absolute atomic E-state index is 13.5. The van der Waals surface area contributed by atoms with Crippen molar-refractivity contribution in [3.8, 4) is 11.5 Å². The van der Waals surface area contributed by atoms with Crippen LogP contribution in [0.1, 0.15) is 12.7 Å². The first-order valence-electron chi connectivity index (χ1n) is 5.66. The number of hydrogen-bond acceptors (Lipinski definition) is 4. The minimum atomic E-state index is -1.55. The van der Waals surface area contributed by atoms with Crippen molar-refractivity contribution >= 4 is 0 Å². The predicted molar refractivity (Wildman–Crippen MR) is 61.8 cm³/mol. The number of nitrogens with zero attached hydrogens (tertiary/aromatic N) is 2. The summed E-state index contributed by atoms with van der Waals surface area (Å²) >= 11 is 0. The van der Waals surface area contributed by atoms with E-state index < -0.39 is 17.5 Å². The van der Waals surface area contributed by atoms with Crippen molar-refractivity contribution in [2.24, 2.45) is 0 Å². The smallest absolute Gasteiger partial charge is 0.261 e. The van der Waals surface area contributed by atoms with Gasteiger partial charge in [-0.05, 0) is 26.1 Å². The first-order valence-corrected chi connectivity index (χ1v) is 5.66. The van der Waals surface area contributed by atoms with E-state index >= 15 is 0 Å². The van der Waals surface area contributed by atoms with Gasteiger partial charge in [0.1, 0.15) is 0 Å². The van der Waals surface area contributed by atoms with Crippen LogP contribution in [0.2, 0.25) is 0 Å². The number of nitrogens with one attached hydrogen (secondary N) is 1. The second kappa shape index (κ2) is 5.40. The van der Waals surface area contributed by atoms with Crippen molar-refractivity contribution < 1.29 is 17.7 Å². The lowest BCUT2D eigenvalue weighted by atomic mass is 10.2. The Morgan fingerprint density at radius 2 is 2.00 bits per heavy atom. The van der Waals surface area contributed by atoms with E-state index in [0.717, 1.165) is 12.1 Å².